The molecule has 0 unspecified atom stereocenters. The summed E-state index contributed by atoms with van der Waals surface area (Å²) in [5.74, 6) is 0. The molecule has 47 heavy (non-hydrogen) atoms. The summed E-state index contributed by atoms with van der Waals surface area (Å²) in [4.78, 5) is 33.0. The van der Waals surface area contributed by atoms with E-state index in [2.05, 4.69) is 79.0 Å². The van der Waals surface area contributed by atoms with Crippen LogP contribution in [-0.4, -0.2) is 103 Å². The minimum Gasteiger partial charge on any atom is -0.378 e. The predicted octanol–water partition coefficient (Wildman–Crippen LogP) is 6.66. The number of hydrogen-bond donors (Lipinski definition) is 0. The molecule has 0 amide bonds. The Labute approximate surface area is 296 Å². The molecule has 0 aliphatic heterocycles. The summed E-state index contributed by atoms with van der Waals surface area (Å²) in [6, 6.07) is 0. The number of nitrogens with zero attached hydrogens (tertiary/aromatic N) is 4. The molecule has 0 aliphatic rings. The zero-order chi connectivity index (χ0) is 35.9. The molecule has 0 saturated carbocycles. The molecular formula is C37H66N4O4S2. The van der Waals surface area contributed by atoms with E-state index >= 15 is 0 Å². The van der Waals surface area contributed by atoms with Gasteiger partial charge in [0.1, 0.15) is 0 Å². The predicted molar refractivity (Wildman–Crippen MR) is 207 cm³/mol. The highest BCUT2D eigenvalue weighted by atomic mass is 32.1. The Morgan fingerprint density at radius 2 is 0.851 bits per heavy atom. The van der Waals surface area contributed by atoms with Crippen LogP contribution in [0, 0.1) is 9.02 Å². The van der Waals surface area contributed by atoms with Crippen molar-refractivity contribution in [3.63, 3.8) is 0 Å². The first-order valence-electron chi connectivity index (χ1n) is 17.7. The third kappa shape index (κ3) is 13.3. The lowest BCUT2D eigenvalue weighted by atomic mass is 9.82. The zero-order valence-electron chi connectivity index (χ0n) is 31.8. The van der Waals surface area contributed by atoms with Crippen molar-refractivity contribution >= 4 is 35.8 Å². The first-order chi connectivity index (χ1) is 22.0. The van der Waals surface area contributed by atoms with Crippen LogP contribution in [0.2, 0.25) is 0 Å². The van der Waals surface area contributed by atoms with Crippen LogP contribution in [0.1, 0.15) is 99.6 Å². The minimum atomic E-state index is -0.0871. The maximum atomic E-state index is 12.1. The minimum absolute atomic E-state index is 0.00697. The molecule has 2 aromatic carbocycles. The van der Waals surface area contributed by atoms with Gasteiger partial charge in [0, 0.05) is 51.4 Å². The maximum Gasteiger partial charge on any atom is 0.220 e. The Kier molecular flexibility index (Phi) is 19.3. The molecule has 0 saturated heterocycles. The highest BCUT2D eigenvalue weighted by molar-refractivity contribution is 7.71. The Bertz CT molecular complexity index is 1320. The maximum absolute atomic E-state index is 12.1. The number of ether oxygens (including phenoxy) is 2. The monoisotopic (exact) mass is 694 g/mol. The quantitative estimate of drug-likeness (QED) is 0.105. The molecule has 0 aliphatic carbocycles. The van der Waals surface area contributed by atoms with E-state index in [9.17, 15) is 9.59 Å². The van der Waals surface area contributed by atoms with E-state index in [0.29, 0.717) is 35.3 Å². The zero-order valence-corrected chi connectivity index (χ0v) is 33.5. The molecule has 0 aromatic heterocycles. The number of rotatable bonds is 21. The van der Waals surface area contributed by atoms with Gasteiger partial charge in [-0.15, -0.1) is 0 Å². The molecule has 0 fully saturated rings. The molecule has 2 aromatic rings. The normalized spacial score (nSPS) is 12.3. The Hall–Kier alpha value is -1.56. The summed E-state index contributed by atoms with van der Waals surface area (Å²) in [6.07, 6.45) is 3.52. The van der Waals surface area contributed by atoms with Crippen molar-refractivity contribution in [2.45, 2.75) is 99.3 Å². The molecule has 8 nitrogen and oxygen atoms in total. The summed E-state index contributed by atoms with van der Waals surface area (Å²) in [5.41, 5.74) is 3.42. The van der Waals surface area contributed by atoms with Gasteiger partial charge in [-0.2, -0.15) is 0 Å². The van der Waals surface area contributed by atoms with Gasteiger partial charge in [-0.3, -0.25) is 9.59 Å². The number of hydrogen-bond acceptors (Lipinski definition) is 10. The second-order valence-corrected chi connectivity index (χ2v) is 15.4. The Balaban J connectivity index is 0.000000470. The van der Waals surface area contributed by atoms with Crippen LogP contribution >= 0.6 is 24.4 Å². The third-order valence-corrected chi connectivity index (χ3v) is 9.13. The van der Waals surface area contributed by atoms with Gasteiger partial charge in [0.05, 0.1) is 46.8 Å². The fourth-order valence-corrected chi connectivity index (χ4v) is 6.81. The highest BCUT2D eigenvalue weighted by Crippen LogP contribution is 2.33. The number of anilines is 2. The van der Waals surface area contributed by atoms with Gasteiger partial charge in [-0.1, -0.05) is 93.7 Å². The molecule has 10 heteroatoms. The lowest BCUT2D eigenvalue weighted by Gasteiger charge is -2.30. The molecule has 2 rings (SSSR count). The molecule has 0 spiro atoms. The van der Waals surface area contributed by atoms with E-state index in [1.165, 1.54) is 19.3 Å². The van der Waals surface area contributed by atoms with Gasteiger partial charge < -0.3 is 29.1 Å². The first-order valence-corrected chi connectivity index (χ1v) is 18.5. The van der Waals surface area contributed by atoms with Gasteiger partial charge in [-0.25, -0.2) is 0 Å². The fourth-order valence-electron chi connectivity index (χ4n) is 5.81. The second-order valence-electron chi connectivity index (χ2n) is 14.6. The lowest BCUT2D eigenvalue weighted by molar-refractivity contribution is 0.108. The second kappa shape index (κ2) is 20.8. The van der Waals surface area contributed by atoms with Crippen molar-refractivity contribution in [2.75, 3.05) is 103 Å². The van der Waals surface area contributed by atoms with E-state index in [1.807, 2.05) is 23.9 Å². The van der Waals surface area contributed by atoms with Gasteiger partial charge >= 0.3 is 0 Å². The first kappa shape index (κ1) is 43.5. The van der Waals surface area contributed by atoms with Crippen LogP contribution in [0.4, 0.5) is 11.4 Å². The summed E-state index contributed by atoms with van der Waals surface area (Å²) in [6.45, 7) is 31.9. The summed E-state index contributed by atoms with van der Waals surface area (Å²) < 4.78 is 12.5. The standard InChI is InChI=1S/C19H34N2O2S.C18H32N2O2S/c1-7-9-21(10-8-2)12-14-23-13-11-20(6)16-15(19(3,4)5)18(24)17(16)22;1-7-9-20(8-2)11-13-22-12-10-19(6)15-14(18(3,4)5)17(23)16(15)21/h7-14H2,1-6H3;7-13H2,1-6H3. The molecule has 0 N–H and O–H groups in total. The average molecular weight is 695 g/mol. The van der Waals surface area contributed by atoms with Gasteiger partial charge in [0.2, 0.25) is 10.9 Å². The smallest absolute Gasteiger partial charge is 0.220 e. The van der Waals surface area contributed by atoms with E-state index in [-0.39, 0.29) is 21.7 Å². The van der Waals surface area contributed by atoms with Crippen LogP contribution in [0.25, 0.3) is 0 Å². The van der Waals surface area contributed by atoms with Crippen molar-refractivity contribution in [1.29, 1.82) is 0 Å². The van der Waals surface area contributed by atoms with Crippen molar-refractivity contribution in [2.24, 2.45) is 0 Å². The van der Waals surface area contributed by atoms with E-state index in [0.717, 1.165) is 75.0 Å². The van der Waals surface area contributed by atoms with Gasteiger partial charge in [0.15, 0.2) is 0 Å². The van der Waals surface area contributed by atoms with Crippen molar-refractivity contribution in [3.8, 4) is 0 Å². The largest absolute Gasteiger partial charge is 0.378 e. The molecule has 0 heterocycles. The summed E-state index contributed by atoms with van der Waals surface area (Å²) in [5, 5.41) is 0. The van der Waals surface area contributed by atoms with E-state index < -0.39 is 0 Å². The van der Waals surface area contributed by atoms with Crippen LogP contribution in [0.15, 0.2) is 9.59 Å². The molecule has 0 bridgehead atoms. The van der Waals surface area contributed by atoms with Crippen LogP contribution < -0.4 is 20.7 Å². The van der Waals surface area contributed by atoms with Gasteiger partial charge in [-0.05, 0) is 56.3 Å². The third-order valence-electron chi connectivity index (χ3n) is 8.35. The fraction of sp³-hybridized carbons (Fsp3) is 0.784. The molecule has 0 atom stereocenters. The highest BCUT2D eigenvalue weighted by Gasteiger charge is 2.30. The summed E-state index contributed by atoms with van der Waals surface area (Å²) >= 11 is 10.5. The van der Waals surface area contributed by atoms with Crippen LogP contribution in [-0.2, 0) is 20.3 Å². The van der Waals surface area contributed by atoms with Crippen LogP contribution in [0.5, 0.6) is 0 Å². The topological polar surface area (TPSA) is 65.6 Å². The van der Waals surface area contributed by atoms with Crippen LogP contribution in [0.3, 0.4) is 0 Å². The number of likely N-dealkylation sites (N-methyl/N-ethyl adjacent to an activating group) is 3. The van der Waals surface area contributed by atoms with Gasteiger partial charge in [0.25, 0.3) is 0 Å². The molecule has 270 valence electrons. The van der Waals surface area contributed by atoms with Crippen molar-refractivity contribution in [1.82, 2.24) is 9.80 Å². The van der Waals surface area contributed by atoms with Crippen molar-refractivity contribution in [3.05, 3.63) is 40.6 Å². The van der Waals surface area contributed by atoms with E-state index in [1.54, 1.807) is 0 Å². The summed E-state index contributed by atoms with van der Waals surface area (Å²) in [7, 11) is 3.89. The SMILES string of the molecule is CCCN(CC)CCOCCN(C)c1c(C(C)(C)C)c(=S)c1=O.CCCN(CCC)CCOCCN(C)c1c(C(C)(C)C)c(=S)c1=O. The average Bonchev–Trinajstić information content (AvgIpc) is 2.99. The Morgan fingerprint density at radius 1 is 0.532 bits per heavy atom. The molecule has 0 radical (unpaired) electrons. The molecular weight excluding hydrogens is 629 g/mol. The Morgan fingerprint density at radius 3 is 1.17 bits per heavy atom. The van der Waals surface area contributed by atoms with Crippen molar-refractivity contribution < 1.29 is 9.47 Å². The van der Waals surface area contributed by atoms with E-state index in [4.69, 9.17) is 33.9 Å². The lowest BCUT2D eigenvalue weighted by Crippen LogP contribution is -2.36.